The first-order chi connectivity index (χ1) is 14.4. The predicted octanol–water partition coefficient (Wildman–Crippen LogP) is 2.78. The van der Waals surface area contributed by atoms with Crippen LogP contribution < -0.4 is 15.5 Å². The molecule has 1 aliphatic carbocycles. The van der Waals surface area contributed by atoms with Gasteiger partial charge in [0, 0.05) is 37.8 Å². The van der Waals surface area contributed by atoms with E-state index in [2.05, 4.69) is 38.7 Å². The van der Waals surface area contributed by atoms with Crippen molar-refractivity contribution < 1.29 is 9.50 Å². The van der Waals surface area contributed by atoms with Gasteiger partial charge in [0.2, 0.25) is 0 Å². The van der Waals surface area contributed by atoms with E-state index in [-0.39, 0.29) is 12.1 Å². The second-order valence-corrected chi connectivity index (χ2v) is 9.52. The van der Waals surface area contributed by atoms with Crippen molar-refractivity contribution in [3.05, 3.63) is 41.2 Å². The highest BCUT2D eigenvalue weighted by molar-refractivity contribution is 5.64. The normalized spacial score (nSPS) is 28.3. The topological polar surface area (TPSA) is 63.7 Å². The Hall–Kier alpha value is -2.12. The van der Waals surface area contributed by atoms with Crippen molar-refractivity contribution in [3.8, 4) is 0 Å². The van der Waals surface area contributed by atoms with Gasteiger partial charge in [0.1, 0.15) is 24.0 Å². The van der Waals surface area contributed by atoms with Gasteiger partial charge in [0.05, 0.1) is 11.3 Å². The fourth-order valence-electron chi connectivity index (χ4n) is 5.20. The molecule has 4 aliphatic rings. The zero-order chi connectivity index (χ0) is 20.9. The molecule has 0 radical (unpaired) electrons. The van der Waals surface area contributed by atoms with Gasteiger partial charge in [-0.3, -0.25) is 4.90 Å². The van der Waals surface area contributed by atoms with Crippen LogP contribution in [-0.4, -0.2) is 59.1 Å². The molecule has 3 N–H and O–H groups in total. The molecule has 1 saturated heterocycles. The van der Waals surface area contributed by atoms with Gasteiger partial charge in [0.15, 0.2) is 0 Å². The molecule has 1 aromatic heterocycles. The Balaban J connectivity index is 1.38. The van der Waals surface area contributed by atoms with Crippen molar-refractivity contribution in [2.24, 2.45) is 5.92 Å². The second-order valence-electron chi connectivity index (χ2n) is 9.52. The van der Waals surface area contributed by atoms with Crippen LogP contribution in [0.25, 0.3) is 0 Å². The molecule has 0 amide bonds. The maximum absolute atomic E-state index is 13.4. The second kappa shape index (κ2) is 7.54. The van der Waals surface area contributed by atoms with Crippen molar-refractivity contribution in [1.29, 1.82) is 0 Å². The molecule has 5 rings (SSSR count). The number of halogens is 1. The fraction of sp³-hybridized carbons (Fsp3) is 0.609. The summed E-state index contributed by atoms with van der Waals surface area (Å²) in [6.45, 7) is 6.76. The minimum atomic E-state index is -0.799. The molecule has 0 saturated carbocycles. The number of aromatic nitrogens is 1. The number of aliphatic hydroxyl groups is 1. The molecular weight excluding hydrogens is 381 g/mol. The Morgan fingerprint density at radius 2 is 2.23 bits per heavy atom. The smallest absolute Gasteiger partial charge is 0.140 e. The Morgan fingerprint density at radius 3 is 3.00 bits per heavy atom. The zero-order valence-corrected chi connectivity index (χ0v) is 17.9. The lowest BCUT2D eigenvalue weighted by molar-refractivity contribution is 0.000879. The number of rotatable bonds is 5. The van der Waals surface area contributed by atoms with Crippen molar-refractivity contribution in [2.45, 2.75) is 57.5 Å². The first-order valence-corrected chi connectivity index (χ1v) is 11.2. The maximum atomic E-state index is 13.4. The molecule has 0 aromatic carbocycles. The number of alkyl halides is 1. The van der Waals surface area contributed by atoms with Crippen LogP contribution in [0, 0.1) is 5.92 Å². The number of allylic oxidation sites excluding steroid dienone is 3. The molecule has 30 heavy (non-hydrogen) atoms. The fourth-order valence-corrected chi connectivity index (χ4v) is 5.20. The molecule has 0 bridgehead atoms. The molecule has 1 fully saturated rings. The summed E-state index contributed by atoms with van der Waals surface area (Å²) >= 11 is 0. The average Bonchev–Trinajstić information content (AvgIpc) is 3.30. The number of nitrogens with one attached hydrogen (secondary N) is 2. The van der Waals surface area contributed by atoms with Gasteiger partial charge in [0.25, 0.3) is 0 Å². The summed E-state index contributed by atoms with van der Waals surface area (Å²) < 4.78 is 13.4. The van der Waals surface area contributed by atoms with Crippen LogP contribution in [-0.2, 0) is 6.42 Å². The average molecular weight is 414 g/mol. The van der Waals surface area contributed by atoms with Crippen molar-refractivity contribution in [3.63, 3.8) is 0 Å². The van der Waals surface area contributed by atoms with Crippen molar-refractivity contribution in [2.75, 3.05) is 36.4 Å². The van der Waals surface area contributed by atoms with Gasteiger partial charge in [-0.05, 0) is 57.2 Å². The lowest BCUT2D eigenvalue weighted by Crippen LogP contribution is -2.55. The molecule has 3 aliphatic heterocycles. The number of pyridine rings is 1. The van der Waals surface area contributed by atoms with E-state index in [0.717, 1.165) is 50.5 Å². The molecule has 3 atom stereocenters. The quantitative estimate of drug-likeness (QED) is 0.690. The van der Waals surface area contributed by atoms with Crippen LogP contribution in [0.15, 0.2) is 35.7 Å². The lowest BCUT2D eigenvalue weighted by Gasteiger charge is -2.44. The molecular formula is C23H32FN5O. The van der Waals surface area contributed by atoms with Crippen LogP contribution in [0.2, 0.25) is 0 Å². The van der Waals surface area contributed by atoms with Crippen LogP contribution in [0.3, 0.4) is 0 Å². The van der Waals surface area contributed by atoms with Gasteiger partial charge in [-0.15, -0.1) is 0 Å². The summed E-state index contributed by atoms with van der Waals surface area (Å²) in [5.74, 6) is 1.88. The van der Waals surface area contributed by atoms with E-state index < -0.39 is 11.8 Å². The third-order valence-electron chi connectivity index (χ3n) is 6.87. The van der Waals surface area contributed by atoms with Crippen LogP contribution in [0.4, 0.5) is 16.0 Å². The Kier molecular flexibility index (Phi) is 4.98. The Labute approximate surface area is 177 Å². The highest BCUT2D eigenvalue weighted by Gasteiger charge is 2.47. The number of hydrogen-bond acceptors (Lipinski definition) is 6. The highest BCUT2D eigenvalue weighted by Crippen LogP contribution is 2.44. The molecule has 162 valence electrons. The van der Waals surface area contributed by atoms with E-state index in [1.807, 2.05) is 19.9 Å². The summed E-state index contributed by atoms with van der Waals surface area (Å²) in [6.07, 6.45) is 7.20. The van der Waals surface area contributed by atoms with Gasteiger partial charge in [-0.25, -0.2) is 9.37 Å². The van der Waals surface area contributed by atoms with Crippen molar-refractivity contribution >= 4 is 11.6 Å². The molecule has 6 nitrogen and oxygen atoms in total. The van der Waals surface area contributed by atoms with E-state index in [0.29, 0.717) is 13.0 Å². The summed E-state index contributed by atoms with van der Waals surface area (Å²) in [5, 5.41) is 18.0. The van der Waals surface area contributed by atoms with E-state index in [4.69, 9.17) is 4.98 Å². The molecule has 4 heterocycles. The lowest BCUT2D eigenvalue weighted by atomic mass is 9.80. The zero-order valence-electron chi connectivity index (χ0n) is 17.9. The molecule has 7 heteroatoms. The number of hydrogen-bond donors (Lipinski definition) is 3. The van der Waals surface area contributed by atoms with E-state index >= 15 is 0 Å². The molecule has 1 aromatic rings. The van der Waals surface area contributed by atoms with Crippen LogP contribution in [0.5, 0.6) is 0 Å². The monoisotopic (exact) mass is 413 g/mol. The van der Waals surface area contributed by atoms with Gasteiger partial charge < -0.3 is 20.6 Å². The van der Waals surface area contributed by atoms with Gasteiger partial charge in [-0.2, -0.15) is 0 Å². The number of fused-ring (bicyclic) bond motifs is 4. The Morgan fingerprint density at radius 1 is 1.37 bits per heavy atom. The van der Waals surface area contributed by atoms with E-state index in [1.165, 1.54) is 17.0 Å². The van der Waals surface area contributed by atoms with Crippen LogP contribution in [0.1, 0.15) is 38.7 Å². The van der Waals surface area contributed by atoms with Crippen LogP contribution >= 0.6 is 0 Å². The van der Waals surface area contributed by atoms with E-state index in [9.17, 15) is 9.50 Å². The number of anilines is 2. The third kappa shape index (κ3) is 3.58. The van der Waals surface area contributed by atoms with Gasteiger partial charge >= 0.3 is 0 Å². The largest absolute Gasteiger partial charge is 0.390 e. The first-order valence-electron chi connectivity index (χ1n) is 11.2. The van der Waals surface area contributed by atoms with Gasteiger partial charge in [-0.1, -0.05) is 12.1 Å². The first kappa shape index (κ1) is 19.8. The summed E-state index contributed by atoms with van der Waals surface area (Å²) in [5.41, 5.74) is 2.79. The summed E-state index contributed by atoms with van der Waals surface area (Å²) in [6, 6.07) is 4.16. The van der Waals surface area contributed by atoms with Crippen molar-refractivity contribution in [1.82, 2.24) is 15.2 Å². The Bertz CT molecular complexity index is 877. The maximum Gasteiger partial charge on any atom is 0.140 e. The standard InChI is InChI=1S/C23H32FN5O/c1-23(2,30)17-13-15-7-8-20(25-10-12-28-11-9-16(24)14-28)27-21(15)29-19-6-4-3-5-18(19)26-22(17)29/h4,6-8,16-17,22,26,30H,3,5,9-14H2,1-2H3,(H,25,27)/t16-,17+,22-/m0/s1. The highest BCUT2D eigenvalue weighted by atomic mass is 19.1. The molecule has 0 unspecified atom stereocenters. The third-order valence-corrected chi connectivity index (χ3v) is 6.87. The summed E-state index contributed by atoms with van der Waals surface area (Å²) in [7, 11) is 0. The SMILES string of the molecule is CC(C)(O)[C@@H]1Cc2ccc(NCCN3CC[C@H](F)C3)nc2N2C3=C(CCC=C3)N[C@H]12. The minimum Gasteiger partial charge on any atom is -0.390 e. The predicted molar refractivity (Wildman–Crippen MR) is 117 cm³/mol. The molecule has 0 spiro atoms. The number of likely N-dealkylation sites (tertiary alicyclic amines) is 1. The number of nitrogens with zero attached hydrogens (tertiary/aromatic N) is 3. The summed E-state index contributed by atoms with van der Waals surface area (Å²) in [4.78, 5) is 9.42. The van der Waals surface area contributed by atoms with E-state index in [1.54, 1.807) is 0 Å². The minimum absolute atomic E-state index is 0.0130.